The van der Waals surface area contributed by atoms with Gasteiger partial charge in [0.15, 0.2) is 0 Å². The minimum atomic E-state index is -0.0211. The predicted molar refractivity (Wildman–Crippen MR) is 107 cm³/mol. The Balaban J connectivity index is 1.50. The molecule has 0 aromatic carbocycles. The summed E-state index contributed by atoms with van der Waals surface area (Å²) in [6.45, 7) is 1.59. The van der Waals surface area contributed by atoms with Crippen LogP contribution in [-0.4, -0.2) is 44.9 Å². The average molecular weight is 367 g/mol. The Morgan fingerprint density at radius 1 is 1.22 bits per heavy atom. The van der Waals surface area contributed by atoms with Crippen molar-refractivity contribution >= 4 is 11.9 Å². The Morgan fingerprint density at radius 3 is 2.85 bits per heavy atom. The summed E-state index contributed by atoms with van der Waals surface area (Å²) in [5.41, 5.74) is 1.30. The minimum absolute atomic E-state index is 0.00403. The van der Waals surface area contributed by atoms with Gasteiger partial charge >= 0.3 is 6.03 Å². The van der Waals surface area contributed by atoms with Crippen LogP contribution in [0.4, 0.5) is 4.79 Å². The highest BCUT2D eigenvalue weighted by atomic mass is 16.2. The van der Waals surface area contributed by atoms with Crippen LogP contribution in [0.1, 0.15) is 51.4 Å². The van der Waals surface area contributed by atoms with Gasteiger partial charge in [-0.15, -0.1) is 0 Å². The van der Waals surface area contributed by atoms with Crippen LogP contribution in [-0.2, 0) is 6.54 Å². The van der Waals surface area contributed by atoms with Crippen LogP contribution >= 0.6 is 0 Å². The zero-order valence-corrected chi connectivity index (χ0v) is 15.9. The monoisotopic (exact) mass is 367 g/mol. The maximum Gasteiger partial charge on any atom is 0.323 e. The van der Waals surface area contributed by atoms with Gasteiger partial charge in [-0.1, -0.05) is 37.5 Å². The van der Waals surface area contributed by atoms with Crippen LogP contribution in [0, 0.1) is 0 Å². The number of aromatic nitrogens is 2. The summed E-state index contributed by atoms with van der Waals surface area (Å²) in [5.74, 6) is 0.871. The maximum atomic E-state index is 12.7. The third-order valence-corrected chi connectivity index (χ3v) is 5.73. The van der Waals surface area contributed by atoms with Gasteiger partial charge in [0.05, 0.1) is 12.4 Å². The average Bonchev–Trinajstić information content (AvgIpc) is 3.32. The molecule has 3 aliphatic rings. The van der Waals surface area contributed by atoms with Crippen LogP contribution in [0.15, 0.2) is 47.5 Å². The highest BCUT2D eigenvalue weighted by Crippen LogP contribution is 2.27. The van der Waals surface area contributed by atoms with Gasteiger partial charge < -0.3 is 9.47 Å². The highest BCUT2D eigenvalue weighted by molar-refractivity contribution is 6.08. The molecule has 144 valence electrons. The van der Waals surface area contributed by atoms with E-state index in [-0.39, 0.29) is 12.1 Å². The van der Waals surface area contributed by atoms with E-state index in [9.17, 15) is 4.79 Å². The fourth-order valence-electron chi connectivity index (χ4n) is 4.32. The zero-order chi connectivity index (χ0) is 18.5. The SMILES string of the molecule is O=C1NC(=NC2CCCCC2)C(C2=CC=CCC2)N1CCCn1ccnc1. The molecule has 2 heterocycles. The Kier molecular flexibility index (Phi) is 5.70. The second-order valence-electron chi connectivity index (χ2n) is 7.69. The number of carbonyl (C=O) groups is 1. The first-order valence-electron chi connectivity index (χ1n) is 10.3. The van der Waals surface area contributed by atoms with E-state index in [0.29, 0.717) is 6.04 Å². The molecule has 1 N–H and O–H groups in total. The summed E-state index contributed by atoms with van der Waals surface area (Å²) in [4.78, 5) is 23.8. The topological polar surface area (TPSA) is 62.5 Å². The molecule has 2 amide bonds. The lowest BCUT2D eigenvalue weighted by molar-refractivity contribution is 0.207. The lowest BCUT2D eigenvalue weighted by Gasteiger charge is -2.27. The number of urea groups is 1. The van der Waals surface area contributed by atoms with Crippen LogP contribution in [0.2, 0.25) is 0 Å². The number of carbonyl (C=O) groups excluding carboxylic acids is 1. The molecular weight excluding hydrogens is 338 g/mol. The summed E-state index contributed by atoms with van der Waals surface area (Å²) in [7, 11) is 0. The normalized spacial score (nSPS) is 25.1. The molecule has 2 fully saturated rings. The smallest absolute Gasteiger partial charge is 0.323 e. The van der Waals surface area contributed by atoms with Crippen LogP contribution < -0.4 is 5.32 Å². The lowest BCUT2D eigenvalue weighted by Crippen LogP contribution is -2.38. The largest absolute Gasteiger partial charge is 0.337 e. The third kappa shape index (κ3) is 4.31. The molecule has 0 spiro atoms. The Morgan fingerprint density at radius 2 is 2.11 bits per heavy atom. The maximum absolute atomic E-state index is 12.7. The van der Waals surface area contributed by atoms with Crippen LogP contribution in [0.3, 0.4) is 0 Å². The molecule has 1 aromatic rings. The molecule has 1 saturated heterocycles. The van der Waals surface area contributed by atoms with Crippen molar-refractivity contribution in [2.45, 2.75) is 70.0 Å². The van der Waals surface area contributed by atoms with E-state index in [1.54, 1.807) is 6.20 Å². The second-order valence-corrected chi connectivity index (χ2v) is 7.69. The van der Waals surface area contributed by atoms with Gasteiger partial charge in [0.1, 0.15) is 11.9 Å². The first-order chi connectivity index (χ1) is 13.3. The molecule has 1 atom stereocenters. The van der Waals surface area contributed by atoms with Crippen LogP contribution in [0.25, 0.3) is 0 Å². The van der Waals surface area contributed by atoms with Crippen molar-refractivity contribution in [3.63, 3.8) is 0 Å². The number of aliphatic imine (C=N–C) groups is 1. The molecule has 27 heavy (non-hydrogen) atoms. The molecular formula is C21H29N5O. The van der Waals surface area contributed by atoms with Gasteiger partial charge in [0.2, 0.25) is 0 Å². The second kappa shape index (κ2) is 8.55. The van der Waals surface area contributed by atoms with E-state index >= 15 is 0 Å². The minimum Gasteiger partial charge on any atom is -0.337 e. The predicted octanol–water partition coefficient (Wildman–Crippen LogP) is 3.67. The summed E-state index contributed by atoms with van der Waals surface area (Å²) >= 11 is 0. The van der Waals surface area contributed by atoms with Crippen molar-refractivity contribution in [3.05, 3.63) is 42.5 Å². The van der Waals surface area contributed by atoms with Crippen molar-refractivity contribution < 1.29 is 4.79 Å². The number of aryl methyl sites for hydroxylation is 1. The number of nitrogens with zero attached hydrogens (tertiary/aromatic N) is 4. The molecule has 0 radical (unpaired) electrons. The number of hydrogen-bond acceptors (Lipinski definition) is 3. The molecule has 1 aliphatic heterocycles. The third-order valence-electron chi connectivity index (χ3n) is 5.73. The number of allylic oxidation sites excluding steroid dienone is 3. The molecule has 0 bridgehead atoms. The van der Waals surface area contributed by atoms with Gasteiger partial charge in [0, 0.05) is 25.5 Å². The summed E-state index contributed by atoms with van der Waals surface area (Å²) < 4.78 is 2.06. The van der Waals surface area contributed by atoms with Gasteiger partial charge in [-0.3, -0.25) is 10.3 Å². The molecule has 6 heteroatoms. The number of amidine groups is 1. The zero-order valence-electron chi connectivity index (χ0n) is 15.9. The van der Waals surface area contributed by atoms with E-state index in [0.717, 1.165) is 51.0 Å². The first-order valence-corrected chi connectivity index (χ1v) is 10.3. The number of rotatable bonds is 6. The molecule has 4 rings (SSSR count). The van der Waals surface area contributed by atoms with E-state index in [1.807, 2.05) is 17.4 Å². The number of nitrogens with one attached hydrogen (secondary N) is 1. The fourth-order valence-corrected chi connectivity index (χ4v) is 4.32. The number of amides is 2. The van der Waals surface area contributed by atoms with Gasteiger partial charge in [-0.05, 0) is 37.7 Å². The molecule has 1 unspecified atom stereocenters. The van der Waals surface area contributed by atoms with Crippen molar-refractivity contribution in [2.75, 3.05) is 6.54 Å². The summed E-state index contributed by atoms with van der Waals surface area (Å²) in [6.07, 6.45) is 21.1. The Hall–Kier alpha value is -2.37. The first kappa shape index (κ1) is 18.0. The molecule has 2 aliphatic carbocycles. The van der Waals surface area contributed by atoms with Crippen molar-refractivity contribution in [1.29, 1.82) is 0 Å². The fraction of sp³-hybridized carbons (Fsp3) is 0.571. The standard InChI is InChI=1S/C21H29N5O/c27-21-24-20(23-18-10-5-2-6-11-18)19(17-8-3-1-4-9-17)26(21)14-7-13-25-15-12-22-16-25/h1,3,8,12,15-16,18-19H,2,4-7,9-11,13-14H2,(H,23,24,27). The summed E-state index contributed by atoms with van der Waals surface area (Å²) in [6, 6.07) is 0.338. The van der Waals surface area contributed by atoms with Crippen molar-refractivity contribution in [2.24, 2.45) is 4.99 Å². The van der Waals surface area contributed by atoms with Gasteiger partial charge in [0.25, 0.3) is 0 Å². The van der Waals surface area contributed by atoms with Crippen molar-refractivity contribution in [3.8, 4) is 0 Å². The molecule has 1 saturated carbocycles. The van der Waals surface area contributed by atoms with E-state index in [1.165, 1.54) is 24.8 Å². The number of hydrogen-bond donors (Lipinski definition) is 1. The van der Waals surface area contributed by atoms with Crippen molar-refractivity contribution in [1.82, 2.24) is 19.8 Å². The van der Waals surface area contributed by atoms with Gasteiger partial charge in [-0.25, -0.2) is 9.78 Å². The van der Waals surface area contributed by atoms with Crippen LogP contribution in [0.5, 0.6) is 0 Å². The Labute approximate surface area is 161 Å². The lowest BCUT2D eigenvalue weighted by atomic mass is 9.94. The molecule has 6 nitrogen and oxygen atoms in total. The quantitative estimate of drug-likeness (QED) is 0.834. The highest BCUT2D eigenvalue weighted by Gasteiger charge is 2.38. The molecule has 1 aromatic heterocycles. The van der Waals surface area contributed by atoms with E-state index in [2.05, 4.69) is 33.1 Å². The van der Waals surface area contributed by atoms with Gasteiger partial charge in [-0.2, -0.15) is 0 Å². The van der Waals surface area contributed by atoms with E-state index in [4.69, 9.17) is 4.99 Å². The van der Waals surface area contributed by atoms with E-state index < -0.39 is 0 Å². The summed E-state index contributed by atoms with van der Waals surface area (Å²) in [5, 5.41) is 3.10. The number of imidazole rings is 1. The Bertz CT molecular complexity index is 728.